The molecule has 41 heavy (non-hydrogen) atoms. The Kier molecular flexibility index (Phi) is 36.1. The Morgan fingerprint density at radius 2 is 0.439 bits per heavy atom. The zero-order valence-electron chi connectivity index (χ0n) is 23.1. The quantitative estimate of drug-likeness (QED) is 0.0674. The molecule has 0 aromatic heterocycles. The van der Waals surface area contributed by atoms with Crippen molar-refractivity contribution in [2.75, 3.05) is 106 Å². The molecule has 0 radical (unpaired) electrons. The molecule has 0 fully saturated rings. The van der Waals surface area contributed by atoms with E-state index in [9.17, 15) is 4.79 Å². The molecule has 0 aliphatic heterocycles. The van der Waals surface area contributed by atoms with Gasteiger partial charge in [0.2, 0.25) is 0 Å². The van der Waals surface area contributed by atoms with E-state index in [1.54, 1.807) is 0 Å². The molecule has 18 nitrogen and oxygen atoms in total. The van der Waals surface area contributed by atoms with Crippen LogP contribution in [-0.4, -0.2) is 198 Å². The molecule has 0 heterocycles. The first kappa shape index (κ1) is 49.3. The van der Waals surface area contributed by atoms with Crippen molar-refractivity contribution in [3.8, 4) is 0 Å². The minimum atomic E-state index is -1.11. The van der Waals surface area contributed by atoms with Crippen LogP contribution in [0.15, 0.2) is 12.7 Å². The molecule has 0 rings (SSSR count). The highest BCUT2D eigenvalue weighted by Crippen LogP contribution is 2.13. The Labute approximate surface area is 238 Å². The minimum absolute atomic E-state index is 0.406. The maximum Gasteiger partial charge on any atom is 0.327 e. The summed E-state index contributed by atoms with van der Waals surface area (Å²) >= 11 is 0. The summed E-state index contributed by atoms with van der Waals surface area (Å²) in [5.41, 5.74) is -4.44. The van der Waals surface area contributed by atoms with Crippen LogP contribution in [0.4, 0.5) is 0 Å². The summed E-state index contributed by atoms with van der Waals surface area (Å²) in [4.78, 5) is 9.25. The van der Waals surface area contributed by atoms with Crippen LogP contribution >= 0.6 is 0 Å². The van der Waals surface area contributed by atoms with E-state index in [4.69, 9.17) is 86.8 Å². The van der Waals surface area contributed by atoms with Crippen LogP contribution < -0.4 is 0 Å². The number of hydrogen-bond acceptors (Lipinski definition) is 17. The Balaban J connectivity index is -0.000000133. The van der Waals surface area contributed by atoms with Gasteiger partial charge in [-0.15, -0.1) is 0 Å². The van der Waals surface area contributed by atoms with Crippen LogP contribution in [0.3, 0.4) is 0 Å². The zero-order chi connectivity index (χ0) is 33.6. The molecule has 252 valence electrons. The highest BCUT2D eigenvalue weighted by Gasteiger charge is 2.28. The van der Waals surface area contributed by atoms with Crippen LogP contribution in [0.1, 0.15) is 0 Å². The summed E-state index contributed by atoms with van der Waals surface area (Å²) in [6, 6.07) is 0. The van der Waals surface area contributed by atoms with Crippen molar-refractivity contribution in [1.82, 2.24) is 0 Å². The first-order chi connectivity index (χ1) is 19.2. The molecule has 0 saturated heterocycles. The maximum atomic E-state index is 9.25. The number of carbonyl (C=O) groups is 1. The third-order valence-corrected chi connectivity index (χ3v) is 5.54. The number of rotatable bonds is 17. The first-order valence-corrected chi connectivity index (χ1v) is 11.8. The summed E-state index contributed by atoms with van der Waals surface area (Å²) in [7, 11) is 0. The molecule has 18 heteroatoms. The topological polar surface area (TPSA) is 361 Å². The fraction of sp³-hybridized carbons (Fsp3) is 0.870. The van der Waals surface area contributed by atoms with E-state index in [1.165, 1.54) is 0 Å². The summed E-state index contributed by atoms with van der Waals surface area (Å²) in [6.07, 6.45) is 0.833. The molecule has 17 N–H and O–H groups in total. The second-order valence-electron chi connectivity index (χ2n) is 9.07. The molecular weight excluding hydrogens is 564 g/mol. The molecule has 0 saturated carbocycles. The fourth-order valence-electron chi connectivity index (χ4n) is 1.20. The Hall–Kier alpha value is -1.43. The lowest BCUT2D eigenvalue weighted by Crippen LogP contribution is -2.37. The van der Waals surface area contributed by atoms with E-state index >= 15 is 0 Å². The van der Waals surface area contributed by atoms with E-state index in [1.807, 2.05) is 0 Å². The van der Waals surface area contributed by atoms with Crippen LogP contribution in [-0.2, 0) is 4.79 Å². The fourth-order valence-corrected chi connectivity index (χ4v) is 1.20. The Morgan fingerprint density at radius 3 is 0.439 bits per heavy atom. The molecule has 0 unspecified atom stereocenters. The average Bonchev–Trinajstić information content (AvgIpc) is 3.04. The van der Waals surface area contributed by atoms with Crippen molar-refractivity contribution < 1.29 is 91.6 Å². The number of hydrogen-bond donors (Lipinski definition) is 17. The lowest BCUT2D eigenvalue weighted by atomic mass is 9.93. The molecule has 0 aromatic carbocycles. The highest BCUT2D eigenvalue weighted by molar-refractivity contribution is 5.78. The number of aliphatic hydroxyl groups excluding tert-OH is 16. The van der Waals surface area contributed by atoms with Crippen molar-refractivity contribution in [2.24, 2.45) is 21.7 Å². The van der Waals surface area contributed by atoms with Gasteiger partial charge in [0.15, 0.2) is 0 Å². The largest absolute Gasteiger partial charge is 0.478 e. The van der Waals surface area contributed by atoms with Gasteiger partial charge in [-0.05, 0) is 0 Å². The van der Waals surface area contributed by atoms with Gasteiger partial charge in [0.1, 0.15) is 0 Å². The lowest BCUT2D eigenvalue weighted by Gasteiger charge is -2.23. The summed E-state index contributed by atoms with van der Waals surface area (Å²) in [5.74, 6) is -0.981. The van der Waals surface area contributed by atoms with Crippen molar-refractivity contribution in [3.63, 3.8) is 0 Å². The summed E-state index contributed by atoms with van der Waals surface area (Å²) < 4.78 is 0. The van der Waals surface area contributed by atoms with Crippen LogP contribution in [0.25, 0.3) is 0 Å². The van der Waals surface area contributed by atoms with E-state index < -0.39 is 133 Å². The molecule has 0 amide bonds. The number of aliphatic carboxylic acids is 1. The third-order valence-electron chi connectivity index (χ3n) is 5.54. The van der Waals surface area contributed by atoms with Gasteiger partial charge in [-0.25, -0.2) is 4.79 Å². The predicted molar refractivity (Wildman–Crippen MR) is 141 cm³/mol. The molecule has 0 aliphatic carbocycles. The molecule has 0 bridgehead atoms. The van der Waals surface area contributed by atoms with Gasteiger partial charge < -0.3 is 86.8 Å². The van der Waals surface area contributed by atoms with Gasteiger partial charge in [-0.3, -0.25) is 0 Å². The molecule has 0 atom stereocenters. The average molecular weight is 617 g/mol. The van der Waals surface area contributed by atoms with Crippen molar-refractivity contribution in [3.05, 3.63) is 12.7 Å². The van der Waals surface area contributed by atoms with E-state index in [0.29, 0.717) is 0 Å². The Bertz CT molecular complexity index is 411. The second kappa shape index (κ2) is 30.0. The second-order valence-corrected chi connectivity index (χ2v) is 9.07. The molecular formula is C23H52O18. The SMILES string of the molecule is C=CC(=O)O.OCC(CO)(CO)CO.OCC(CO)(CO)CO.OCC(CO)(CO)CO.OCC(CO)(CO)CO. The van der Waals surface area contributed by atoms with Gasteiger partial charge in [0, 0.05) is 6.08 Å². The minimum Gasteiger partial charge on any atom is -0.478 e. The van der Waals surface area contributed by atoms with Gasteiger partial charge in [0.25, 0.3) is 0 Å². The van der Waals surface area contributed by atoms with Gasteiger partial charge in [0.05, 0.1) is 127 Å². The van der Waals surface area contributed by atoms with Crippen molar-refractivity contribution in [2.45, 2.75) is 0 Å². The zero-order valence-corrected chi connectivity index (χ0v) is 23.1. The molecule has 0 aromatic rings. The molecule has 0 aliphatic rings. The highest BCUT2D eigenvalue weighted by atomic mass is 16.4. The van der Waals surface area contributed by atoms with Gasteiger partial charge in [-0.1, -0.05) is 6.58 Å². The van der Waals surface area contributed by atoms with Crippen molar-refractivity contribution >= 4 is 5.97 Å². The molecule has 0 spiro atoms. The summed E-state index contributed by atoms with van der Waals surface area (Å²) in [5, 5.41) is 144. The number of aliphatic hydroxyl groups is 16. The first-order valence-electron chi connectivity index (χ1n) is 11.8. The standard InChI is InChI=1S/4C5H12O4.C3H4O2/c4*6-1-5(2-7,3-8)4-9;1-2-3(4)5/h4*6-9H,1-4H2;2H,1H2,(H,4,5). The number of carboxylic acids is 1. The van der Waals surface area contributed by atoms with Crippen molar-refractivity contribution in [1.29, 1.82) is 0 Å². The third kappa shape index (κ3) is 21.9. The van der Waals surface area contributed by atoms with E-state index in [-0.39, 0.29) is 0 Å². The summed E-state index contributed by atoms with van der Waals surface area (Å²) in [6.45, 7) is -3.54. The Morgan fingerprint density at radius 1 is 0.366 bits per heavy atom. The normalized spacial score (nSPS) is 11.3. The van der Waals surface area contributed by atoms with Gasteiger partial charge in [-0.2, -0.15) is 0 Å². The van der Waals surface area contributed by atoms with Crippen LogP contribution in [0, 0.1) is 21.7 Å². The predicted octanol–water partition coefficient (Wildman–Crippen LogP) is -7.97. The monoisotopic (exact) mass is 616 g/mol. The van der Waals surface area contributed by atoms with E-state index in [2.05, 4.69) is 6.58 Å². The smallest absolute Gasteiger partial charge is 0.327 e. The number of carboxylic acid groups (broad SMARTS) is 1. The maximum absolute atomic E-state index is 9.25. The lowest BCUT2D eigenvalue weighted by molar-refractivity contribution is -0.131. The van der Waals surface area contributed by atoms with E-state index in [0.717, 1.165) is 6.08 Å². The van der Waals surface area contributed by atoms with Crippen LogP contribution in [0.2, 0.25) is 0 Å². The van der Waals surface area contributed by atoms with Gasteiger partial charge >= 0.3 is 5.97 Å². The van der Waals surface area contributed by atoms with Crippen LogP contribution in [0.5, 0.6) is 0 Å².